The van der Waals surface area contributed by atoms with Gasteiger partial charge in [0, 0.05) is 5.56 Å². The molecule has 0 unspecified atom stereocenters. The minimum atomic E-state index is -1.07. The van der Waals surface area contributed by atoms with Crippen molar-refractivity contribution in [2.45, 2.75) is 39.2 Å². The van der Waals surface area contributed by atoms with E-state index in [1.807, 2.05) is 32.1 Å². The minimum absolute atomic E-state index is 0.139. The van der Waals surface area contributed by atoms with Crippen molar-refractivity contribution in [3.8, 4) is 0 Å². The summed E-state index contributed by atoms with van der Waals surface area (Å²) < 4.78 is 0. The van der Waals surface area contributed by atoms with Crippen LogP contribution >= 0.6 is 0 Å². The molecule has 1 aliphatic rings. The largest absolute Gasteiger partial charge is 0.480 e. The van der Waals surface area contributed by atoms with Crippen molar-refractivity contribution in [1.29, 1.82) is 0 Å². The van der Waals surface area contributed by atoms with E-state index in [9.17, 15) is 14.4 Å². The summed E-state index contributed by atoms with van der Waals surface area (Å²) in [7, 11) is 0. The summed E-state index contributed by atoms with van der Waals surface area (Å²) in [6.45, 7) is 3.52. The lowest BCUT2D eigenvalue weighted by atomic mass is 9.95. The second-order valence-electron chi connectivity index (χ2n) is 6.63. The van der Waals surface area contributed by atoms with Crippen molar-refractivity contribution < 1.29 is 19.5 Å². The molecule has 0 aromatic heterocycles. The maximum atomic E-state index is 12.2. The fourth-order valence-electron chi connectivity index (χ4n) is 2.78. The first kappa shape index (κ1) is 18.7. The van der Waals surface area contributed by atoms with Crippen LogP contribution in [0.15, 0.2) is 24.3 Å². The molecular formula is C19H24N2O4. The first-order valence-electron chi connectivity index (χ1n) is 8.46. The molecule has 0 spiro atoms. The lowest BCUT2D eigenvalue weighted by Gasteiger charge is -2.17. The van der Waals surface area contributed by atoms with Crippen molar-refractivity contribution in [2.24, 2.45) is 5.92 Å². The zero-order valence-corrected chi connectivity index (χ0v) is 14.5. The lowest BCUT2D eigenvalue weighted by molar-refractivity contribution is -0.142. The SMILES string of the molecule is CC(C)C[C@H](NC(=O)CNC(=O)c1ccc2c(c1)CCC=C2)C(=O)O. The van der Waals surface area contributed by atoms with Gasteiger partial charge in [0.05, 0.1) is 6.54 Å². The number of benzene rings is 1. The van der Waals surface area contributed by atoms with E-state index < -0.39 is 17.9 Å². The standard InChI is InChI=1S/C19H24N2O4/c1-12(2)9-16(19(24)25)21-17(22)11-20-18(23)15-8-7-13-5-3-4-6-14(13)10-15/h3,5,7-8,10,12,16H,4,6,9,11H2,1-2H3,(H,20,23)(H,21,22)(H,24,25)/t16-/m0/s1. The average Bonchev–Trinajstić information content (AvgIpc) is 2.58. The predicted molar refractivity (Wildman–Crippen MR) is 95.2 cm³/mol. The van der Waals surface area contributed by atoms with Gasteiger partial charge in [-0.2, -0.15) is 0 Å². The number of hydrogen-bond donors (Lipinski definition) is 3. The Hall–Kier alpha value is -2.63. The van der Waals surface area contributed by atoms with E-state index in [1.54, 1.807) is 6.07 Å². The molecule has 6 nitrogen and oxygen atoms in total. The van der Waals surface area contributed by atoms with Gasteiger partial charge in [-0.1, -0.05) is 32.1 Å². The highest BCUT2D eigenvalue weighted by Gasteiger charge is 2.21. The molecule has 0 saturated heterocycles. The van der Waals surface area contributed by atoms with E-state index in [0.717, 1.165) is 24.0 Å². The van der Waals surface area contributed by atoms with Crippen LogP contribution in [0.2, 0.25) is 0 Å². The first-order chi connectivity index (χ1) is 11.9. The van der Waals surface area contributed by atoms with Gasteiger partial charge in [0.15, 0.2) is 0 Å². The third-order valence-corrected chi connectivity index (χ3v) is 4.03. The van der Waals surface area contributed by atoms with E-state index in [4.69, 9.17) is 5.11 Å². The lowest BCUT2D eigenvalue weighted by Crippen LogP contribution is -2.46. The Morgan fingerprint density at radius 3 is 2.68 bits per heavy atom. The van der Waals surface area contributed by atoms with Gasteiger partial charge in [-0.25, -0.2) is 4.79 Å². The molecule has 1 aromatic carbocycles. The van der Waals surface area contributed by atoms with Crippen molar-refractivity contribution in [2.75, 3.05) is 6.54 Å². The van der Waals surface area contributed by atoms with E-state index >= 15 is 0 Å². The van der Waals surface area contributed by atoms with Gasteiger partial charge < -0.3 is 15.7 Å². The Morgan fingerprint density at radius 2 is 2.00 bits per heavy atom. The van der Waals surface area contributed by atoms with Crippen LogP contribution in [0, 0.1) is 5.92 Å². The Balaban J connectivity index is 1.89. The molecule has 0 fully saturated rings. The van der Waals surface area contributed by atoms with Gasteiger partial charge >= 0.3 is 5.97 Å². The van der Waals surface area contributed by atoms with Crippen LogP contribution in [0.4, 0.5) is 0 Å². The second kappa shape index (κ2) is 8.46. The molecule has 2 amide bonds. The molecule has 25 heavy (non-hydrogen) atoms. The molecule has 3 N–H and O–H groups in total. The molecule has 0 bridgehead atoms. The number of aryl methyl sites for hydroxylation is 1. The monoisotopic (exact) mass is 344 g/mol. The Kier molecular flexibility index (Phi) is 6.33. The number of carboxylic acid groups (broad SMARTS) is 1. The number of rotatable bonds is 7. The third-order valence-electron chi connectivity index (χ3n) is 4.03. The van der Waals surface area contributed by atoms with E-state index in [1.165, 1.54) is 0 Å². The van der Waals surface area contributed by atoms with Crippen LogP contribution in [0.3, 0.4) is 0 Å². The van der Waals surface area contributed by atoms with Gasteiger partial charge in [-0.05, 0) is 48.4 Å². The number of allylic oxidation sites excluding steroid dienone is 1. The maximum Gasteiger partial charge on any atom is 0.326 e. The summed E-state index contributed by atoms with van der Waals surface area (Å²) >= 11 is 0. The predicted octanol–water partition coefficient (Wildman–Crippen LogP) is 1.99. The first-order valence-corrected chi connectivity index (χ1v) is 8.46. The molecule has 1 aromatic rings. The number of carbonyl (C=O) groups is 3. The fraction of sp³-hybridized carbons (Fsp3) is 0.421. The van der Waals surface area contributed by atoms with Crippen LogP contribution in [-0.4, -0.2) is 35.5 Å². The van der Waals surface area contributed by atoms with Gasteiger partial charge in [0.1, 0.15) is 6.04 Å². The minimum Gasteiger partial charge on any atom is -0.480 e. The van der Waals surface area contributed by atoms with E-state index in [-0.39, 0.29) is 18.4 Å². The normalized spacial score (nSPS) is 13.9. The van der Waals surface area contributed by atoms with Crippen molar-refractivity contribution in [3.63, 3.8) is 0 Å². The topological polar surface area (TPSA) is 95.5 Å². The van der Waals surface area contributed by atoms with Crippen LogP contribution in [0.5, 0.6) is 0 Å². The Labute approximate surface area is 147 Å². The summed E-state index contributed by atoms with van der Waals surface area (Å²) in [4.78, 5) is 35.3. The molecule has 1 aliphatic carbocycles. The Morgan fingerprint density at radius 1 is 1.24 bits per heavy atom. The number of carbonyl (C=O) groups excluding carboxylic acids is 2. The van der Waals surface area contributed by atoms with Gasteiger partial charge in [-0.3, -0.25) is 9.59 Å². The smallest absolute Gasteiger partial charge is 0.326 e. The van der Waals surface area contributed by atoms with Crippen molar-refractivity contribution in [3.05, 3.63) is 41.0 Å². The highest BCUT2D eigenvalue weighted by atomic mass is 16.4. The van der Waals surface area contributed by atoms with Crippen LogP contribution in [-0.2, 0) is 16.0 Å². The van der Waals surface area contributed by atoms with Crippen LogP contribution in [0.1, 0.15) is 48.2 Å². The maximum absolute atomic E-state index is 12.2. The zero-order valence-electron chi connectivity index (χ0n) is 14.5. The van der Waals surface area contributed by atoms with Gasteiger partial charge in [0.2, 0.25) is 5.91 Å². The summed E-state index contributed by atoms with van der Waals surface area (Å²) in [5, 5.41) is 14.1. The molecule has 6 heteroatoms. The molecule has 2 rings (SSSR count). The summed E-state index contributed by atoms with van der Waals surface area (Å²) in [6.07, 6.45) is 6.32. The quantitative estimate of drug-likeness (QED) is 0.705. The number of nitrogens with one attached hydrogen (secondary N) is 2. The molecule has 134 valence electrons. The number of fused-ring (bicyclic) bond motifs is 1. The zero-order chi connectivity index (χ0) is 18.4. The number of amides is 2. The molecule has 0 saturated carbocycles. The second-order valence-corrected chi connectivity index (χ2v) is 6.63. The van der Waals surface area contributed by atoms with Crippen LogP contribution in [0.25, 0.3) is 6.08 Å². The van der Waals surface area contributed by atoms with Crippen LogP contribution < -0.4 is 10.6 Å². The average molecular weight is 344 g/mol. The summed E-state index contributed by atoms with van der Waals surface area (Å²) in [5.74, 6) is -1.79. The molecular weight excluding hydrogens is 320 g/mol. The number of hydrogen-bond acceptors (Lipinski definition) is 3. The molecule has 0 heterocycles. The summed E-state index contributed by atoms with van der Waals surface area (Å²) in [5.41, 5.74) is 2.72. The van der Waals surface area contributed by atoms with E-state index in [0.29, 0.717) is 12.0 Å². The molecule has 0 radical (unpaired) electrons. The highest BCUT2D eigenvalue weighted by Crippen LogP contribution is 2.20. The van der Waals surface area contributed by atoms with Gasteiger partial charge in [-0.15, -0.1) is 0 Å². The fourth-order valence-corrected chi connectivity index (χ4v) is 2.78. The van der Waals surface area contributed by atoms with E-state index in [2.05, 4.69) is 16.7 Å². The molecule has 1 atom stereocenters. The van der Waals surface area contributed by atoms with Crippen molar-refractivity contribution in [1.82, 2.24) is 10.6 Å². The van der Waals surface area contributed by atoms with Gasteiger partial charge in [0.25, 0.3) is 5.91 Å². The highest BCUT2D eigenvalue weighted by molar-refractivity contribution is 5.97. The number of carboxylic acids is 1. The summed E-state index contributed by atoms with van der Waals surface area (Å²) in [6, 6.07) is 4.51. The van der Waals surface area contributed by atoms with Crippen molar-refractivity contribution >= 4 is 23.9 Å². The number of aliphatic carboxylic acids is 1. The molecule has 0 aliphatic heterocycles. The Bertz CT molecular complexity index is 695. The third kappa shape index (κ3) is 5.45.